The van der Waals surface area contributed by atoms with Gasteiger partial charge < -0.3 is 9.84 Å². The Balaban J connectivity index is 1.95. The molecule has 0 fully saturated rings. The Morgan fingerprint density at radius 1 is 1.05 bits per heavy atom. The second-order valence-corrected chi connectivity index (χ2v) is 5.02. The van der Waals surface area contributed by atoms with Crippen molar-refractivity contribution < 1.29 is 18.6 Å². The molecule has 0 saturated heterocycles. The molecule has 0 spiro atoms. The van der Waals surface area contributed by atoms with Gasteiger partial charge in [-0.15, -0.1) is 0 Å². The summed E-state index contributed by atoms with van der Waals surface area (Å²) in [6.45, 7) is 1.60. The molecular weight excluding hydrogens is 274 g/mol. The SMILES string of the molecule is CC(O)CCc1ccc(OCc2c(F)cccc2F)cc1. The first-order chi connectivity index (χ1) is 10.1. The number of aryl methyl sites for hydroxylation is 1. The number of ether oxygens (including phenoxy) is 1. The number of hydrogen-bond acceptors (Lipinski definition) is 2. The van der Waals surface area contributed by atoms with Gasteiger partial charge in [-0.05, 0) is 49.6 Å². The summed E-state index contributed by atoms with van der Waals surface area (Å²) in [5.41, 5.74) is 1.01. The highest BCUT2D eigenvalue weighted by Crippen LogP contribution is 2.18. The third kappa shape index (κ3) is 4.53. The third-order valence-electron chi connectivity index (χ3n) is 3.22. The van der Waals surface area contributed by atoms with Crippen LogP contribution in [0, 0.1) is 11.6 Å². The molecule has 1 unspecified atom stereocenters. The monoisotopic (exact) mass is 292 g/mol. The van der Waals surface area contributed by atoms with Crippen LogP contribution < -0.4 is 4.74 Å². The van der Waals surface area contributed by atoms with Crippen LogP contribution in [-0.4, -0.2) is 11.2 Å². The highest BCUT2D eigenvalue weighted by molar-refractivity contribution is 5.28. The van der Waals surface area contributed by atoms with Crippen LogP contribution in [0.3, 0.4) is 0 Å². The summed E-state index contributed by atoms with van der Waals surface area (Å²) in [6, 6.07) is 11.0. The lowest BCUT2D eigenvalue weighted by Crippen LogP contribution is -2.02. The van der Waals surface area contributed by atoms with E-state index in [9.17, 15) is 13.9 Å². The van der Waals surface area contributed by atoms with E-state index in [0.717, 1.165) is 12.0 Å². The molecule has 0 radical (unpaired) electrons. The summed E-state index contributed by atoms with van der Waals surface area (Å²) >= 11 is 0. The van der Waals surface area contributed by atoms with Gasteiger partial charge in [-0.2, -0.15) is 0 Å². The van der Waals surface area contributed by atoms with Crippen LogP contribution in [0.15, 0.2) is 42.5 Å². The maximum absolute atomic E-state index is 13.4. The highest BCUT2D eigenvalue weighted by atomic mass is 19.1. The van der Waals surface area contributed by atoms with E-state index in [0.29, 0.717) is 12.2 Å². The van der Waals surface area contributed by atoms with Crippen LogP contribution in [0.4, 0.5) is 8.78 Å². The molecule has 0 aliphatic rings. The Labute approximate surface area is 123 Å². The van der Waals surface area contributed by atoms with Crippen molar-refractivity contribution in [2.24, 2.45) is 0 Å². The largest absolute Gasteiger partial charge is 0.489 e. The van der Waals surface area contributed by atoms with Crippen molar-refractivity contribution >= 4 is 0 Å². The summed E-state index contributed by atoms with van der Waals surface area (Å²) in [5.74, 6) is -0.662. The van der Waals surface area contributed by atoms with E-state index >= 15 is 0 Å². The van der Waals surface area contributed by atoms with Crippen LogP contribution in [-0.2, 0) is 13.0 Å². The van der Waals surface area contributed by atoms with E-state index in [1.54, 1.807) is 19.1 Å². The van der Waals surface area contributed by atoms with Gasteiger partial charge >= 0.3 is 0 Å². The fourth-order valence-corrected chi connectivity index (χ4v) is 1.95. The van der Waals surface area contributed by atoms with Crippen molar-refractivity contribution in [2.75, 3.05) is 0 Å². The van der Waals surface area contributed by atoms with Crippen molar-refractivity contribution in [1.29, 1.82) is 0 Å². The van der Waals surface area contributed by atoms with E-state index in [2.05, 4.69) is 0 Å². The Morgan fingerprint density at radius 3 is 2.24 bits per heavy atom. The minimum atomic E-state index is -0.608. The first kappa shape index (κ1) is 15.4. The predicted octanol–water partition coefficient (Wildman–Crippen LogP) is 3.86. The molecule has 0 amide bonds. The van der Waals surface area contributed by atoms with E-state index in [1.165, 1.54) is 18.2 Å². The second kappa shape index (κ2) is 7.18. The van der Waals surface area contributed by atoms with Crippen LogP contribution in [0.5, 0.6) is 5.75 Å². The maximum Gasteiger partial charge on any atom is 0.132 e. The lowest BCUT2D eigenvalue weighted by molar-refractivity contribution is 0.185. The normalized spacial score (nSPS) is 12.2. The van der Waals surface area contributed by atoms with Gasteiger partial charge in [-0.3, -0.25) is 0 Å². The summed E-state index contributed by atoms with van der Waals surface area (Å²) in [7, 11) is 0. The van der Waals surface area contributed by atoms with E-state index in [-0.39, 0.29) is 18.3 Å². The van der Waals surface area contributed by atoms with Gasteiger partial charge in [0.1, 0.15) is 24.0 Å². The summed E-state index contributed by atoms with van der Waals surface area (Å²) in [4.78, 5) is 0. The molecular formula is C17H18F2O2. The molecule has 0 aliphatic heterocycles. The molecule has 0 aromatic heterocycles. The zero-order valence-electron chi connectivity index (χ0n) is 11.9. The molecule has 0 saturated carbocycles. The lowest BCUT2D eigenvalue weighted by atomic mass is 10.1. The Kier molecular flexibility index (Phi) is 5.28. The molecule has 2 aromatic carbocycles. The first-order valence-corrected chi connectivity index (χ1v) is 6.89. The molecule has 21 heavy (non-hydrogen) atoms. The van der Waals surface area contributed by atoms with E-state index in [1.807, 2.05) is 12.1 Å². The van der Waals surface area contributed by atoms with Crippen molar-refractivity contribution in [1.82, 2.24) is 0 Å². The maximum atomic E-state index is 13.4. The van der Waals surface area contributed by atoms with E-state index < -0.39 is 11.6 Å². The van der Waals surface area contributed by atoms with Crippen LogP contribution in [0.2, 0.25) is 0 Å². The molecule has 4 heteroatoms. The molecule has 2 rings (SSSR count). The standard InChI is InChI=1S/C17H18F2O2/c1-12(20)5-6-13-7-9-14(10-8-13)21-11-15-16(18)3-2-4-17(15)19/h2-4,7-10,12,20H,5-6,11H2,1H3. The minimum absolute atomic E-state index is 0.0734. The average molecular weight is 292 g/mol. The first-order valence-electron chi connectivity index (χ1n) is 6.89. The molecule has 2 nitrogen and oxygen atoms in total. The highest BCUT2D eigenvalue weighted by Gasteiger charge is 2.09. The predicted molar refractivity (Wildman–Crippen MR) is 77.1 cm³/mol. The topological polar surface area (TPSA) is 29.5 Å². The van der Waals surface area contributed by atoms with Gasteiger partial charge in [0.15, 0.2) is 0 Å². The number of benzene rings is 2. The fourth-order valence-electron chi connectivity index (χ4n) is 1.95. The molecule has 0 bridgehead atoms. The molecule has 0 aliphatic carbocycles. The third-order valence-corrected chi connectivity index (χ3v) is 3.22. The van der Waals surface area contributed by atoms with Gasteiger partial charge in [0.25, 0.3) is 0 Å². The van der Waals surface area contributed by atoms with Crippen molar-refractivity contribution in [3.8, 4) is 5.75 Å². The Morgan fingerprint density at radius 2 is 1.67 bits per heavy atom. The number of rotatable bonds is 6. The van der Waals surface area contributed by atoms with Gasteiger partial charge in [0, 0.05) is 0 Å². The van der Waals surface area contributed by atoms with Gasteiger partial charge in [0.05, 0.1) is 11.7 Å². The zero-order chi connectivity index (χ0) is 15.2. The number of aliphatic hydroxyl groups is 1. The van der Waals surface area contributed by atoms with Gasteiger partial charge in [-0.1, -0.05) is 18.2 Å². The van der Waals surface area contributed by atoms with Crippen molar-refractivity contribution in [3.63, 3.8) is 0 Å². The minimum Gasteiger partial charge on any atom is -0.489 e. The van der Waals surface area contributed by atoms with Crippen LogP contribution >= 0.6 is 0 Å². The van der Waals surface area contributed by atoms with Gasteiger partial charge in [0.2, 0.25) is 0 Å². The summed E-state index contributed by atoms with van der Waals surface area (Å²) < 4.78 is 32.3. The molecule has 2 aromatic rings. The second-order valence-electron chi connectivity index (χ2n) is 5.02. The quantitative estimate of drug-likeness (QED) is 0.876. The summed E-state index contributed by atoms with van der Waals surface area (Å²) in [6.07, 6.45) is 1.14. The molecule has 1 atom stereocenters. The number of hydrogen-bond donors (Lipinski definition) is 1. The zero-order valence-corrected chi connectivity index (χ0v) is 11.9. The van der Waals surface area contributed by atoms with Crippen molar-refractivity contribution in [3.05, 3.63) is 65.2 Å². The lowest BCUT2D eigenvalue weighted by Gasteiger charge is -2.09. The number of aliphatic hydroxyl groups excluding tert-OH is 1. The van der Waals surface area contributed by atoms with Gasteiger partial charge in [-0.25, -0.2) is 8.78 Å². The molecule has 112 valence electrons. The Bertz CT molecular complexity index is 560. The summed E-state index contributed by atoms with van der Waals surface area (Å²) in [5, 5.41) is 9.23. The Hall–Kier alpha value is -1.94. The fraction of sp³-hybridized carbons (Fsp3) is 0.294. The van der Waals surface area contributed by atoms with Crippen molar-refractivity contribution in [2.45, 2.75) is 32.5 Å². The van der Waals surface area contributed by atoms with E-state index in [4.69, 9.17) is 4.74 Å². The number of halogens is 2. The van der Waals surface area contributed by atoms with Crippen LogP contribution in [0.25, 0.3) is 0 Å². The van der Waals surface area contributed by atoms with Crippen LogP contribution in [0.1, 0.15) is 24.5 Å². The molecule has 0 heterocycles. The molecule has 1 N–H and O–H groups in total. The average Bonchev–Trinajstić information content (AvgIpc) is 2.46. The smallest absolute Gasteiger partial charge is 0.132 e.